The van der Waals surface area contributed by atoms with Gasteiger partial charge in [0, 0.05) is 23.0 Å². The van der Waals surface area contributed by atoms with Gasteiger partial charge in [0.05, 0.1) is 6.10 Å². The van der Waals surface area contributed by atoms with Gasteiger partial charge in [-0.2, -0.15) is 0 Å². The van der Waals surface area contributed by atoms with Crippen molar-refractivity contribution in [3.63, 3.8) is 0 Å². The second-order valence-electron chi connectivity index (χ2n) is 4.99. The van der Waals surface area contributed by atoms with Gasteiger partial charge in [-0.3, -0.25) is 4.79 Å². The predicted molar refractivity (Wildman–Crippen MR) is 80.9 cm³/mol. The second kappa shape index (κ2) is 7.11. The van der Waals surface area contributed by atoms with Crippen LogP contribution in [0.2, 0.25) is 10.0 Å². The van der Waals surface area contributed by atoms with Crippen LogP contribution in [-0.4, -0.2) is 17.6 Å². The summed E-state index contributed by atoms with van der Waals surface area (Å²) >= 11 is 11.8. The van der Waals surface area contributed by atoms with Crippen LogP contribution in [0, 0.1) is 5.92 Å². The van der Waals surface area contributed by atoms with E-state index in [9.17, 15) is 9.90 Å². The lowest BCUT2D eigenvalue weighted by Crippen LogP contribution is -2.29. The average Bonchev–Trinajstić information content (AvgIpc) is 2.87. The summed E-state index contributed by atoms with van der Waals surface area (Å²) in [5.41, 5.74) is 0.601. The highest BCUT2D eigenvalue weighted by molar-refractivity contribution is 6.34. The zero-order valence-electron chi connectivity index (χ0n) is 11.0. The Kier molecular flexibility index (Phi) is 5.46. The molecule has 1 aromatic carbocycles. The third kappa shape index (κ3) is 4.51. The van der Waals surface area contributed by atoms with Gasteiger partial charge in [-0.25, -0.2) is 0 Å². The number of allylic oxidation sites excluding steroid dienone is 2. The van der Waals surface area contributed by atoms with Crippen molar-refractivity contribution in [2.24, 2.45) is 5.92 Å². The van der Waals surface area contributed by atoms with Crippen molar-refractivity contribution in [2.45, 2.75) is 25.4 Å². The molecule has 2 unspecified atom stereocenters. The van der Waals surface area contributed by atoms with E-state index >= 15 is 0 Å². The Morgan fingerprint density at radius 2 is 2.05 bits per heavy atom. The van der Waals surface area contributed by atoms with Gasteiger partial charge in [-0.1, -0.05) is 35.4 Å². The van der Waals surface area contributed by atoms with Crippen molar-refractivity contribution >= 4 is 29.1 Å². The summed E-state index contributed by atoms with van der Waals surface area (Å²) in [6.07, 6.45) is 5.91. The van der Waals surface area contributed by atoms with Crippen LogP contribution in [0.3, 0.4) is 0 Å². The molecule has 0 aromatic heterocycles. The Balaban J connectivity index is 1.83. The zero-order valence-corrected chi connectivity index (χ0v) is 12.5. The first-order chi connectivity index (χ1) is 9.54. The molecule has 20 heavy (non-hydrogen) atoms. The van der Waals surface area contributed by atoms with Crippen LogP contribution in [0.15, 0.2) is 30.4 Å². The fourth-order valence-corrected chi connectivity index (χ4v) is 2.81. The van der Waals surface area contributed by atoms with Crippen molar-refractivity contribution in [3.8, 4) is 0 Å². The van der Waals surface area contributed by atoms with Crippen LogP contribution in [-0.2, 0) is 4.79 Å². The van der Waals surface area contributed by atoms with E-state index in [1.165, 1.54) is 0 Å². The smallest absolute Gasteiger partial charge is 0.220 e. The lowest BCUT2D eigenvalue weighted by molar-refractivity contribution is -0.122. The molecule has 0 saturated carbocycles. The summed E-state index contributed by atoms with van der Waals surface area (Å²) < 4.78 is 0. The Morgan fingerprint density at radius 1 is 1.35 bits per heavy atom. The van der Waals surface area contributed by atoms with Crippen LogP contribution in [0.5, 0.6) is 0 Å². The first-order valence-corrected chi connectivity index (χ1v) is 7.37. The third-order valence-electron chi connectivity index (χ3n) is 3.32. The highest BCUT2D eigenvalue weighted by atomic mass is 35.5. The molecule has 1 aliphatic rings. The number of rotatable bonds is 5. The fourth-order valence-electron chi connectivity index (χ4n) is 2.27. The number of hydrogen-bond donors (Lipinski definition) is 2. The minimum atomic E-state index is -0.811. The molecule has 5 heteroatoms. The van der Waals surface area contributed by atoms with Gasteiger partial charge in [0.1, 0.15) is 0 Å². The molecule has 108 valence electrons. The van der Waals surface area contributed by atoms with E-state index in [0.717, 1.165) is 12.8 Å². The molecular weight excluding hydrogens is 297 g/mol. The molecule has 0 bridgehead atoms. The van der Waals surface area contributed by atoms with E-state index < -0.39 is 6.10 Å². The van der Waals surface area contributed by atoms with Crippen LogP contribution < -0.4 is 5.32 Å². The van der Waals surface area contributed by atoms with Crippen LogP contribution >= 0.6 is 23.2 Å². The van der Waals surface area contributed by atoms with Gasteiger partial charge in [0.15, 0.2) is 0 Å². The van der Waals surface area contributed by atoms with Crippen molar-refractivity contribution in [1.29, 1.82) is 0 Å². The number of aliphatic hydroxyl groups is 1. The molecule has 1 aliphatic carbocycles. The van der Waals surface area contributed by atoms with Crippen LogP contribution in [0.1, 0.15) is 30.9 Å². The van der Waals surface area contributed by atoms with Gasteiger partial charge in [0.2, 0.25) is 5.91 Å². The van der Waals surface area contributed by atoms with Gasteiger partial charge in [-0.15, -0.1) is 0 Å². The van der Waals surface area contributed by atoms with E-state index in [0.29, 0.717) is 27.9 Å². The summed E-state index contributed by atoms with van der Waals surface area (Å²) in [5.74, 6) is 0.279. The number of carbonyl (C=O) groups excluding carboxylic acids is 1. The number of amides is 1. The molecule has 2 rings (SSSR count). The molecule has 0 fully saturated rings. The van der Waals surface area contributed by atoms with E-state index in [1.54, 1.807) is 18.2 Å². The first kappa shape index (κ1) is 15.4. The lowest BCUT2D eigenvalue weighted by Gasteiger charge is -2.14. The van der Waals surface area contributed by atoms with Gasteiger partial charge < -0.3 is 10.4 Å². The number of halogens is 2. The second-order valence-corrected chi connectivity index (χ2v) is 5.87. The van der Waals surface area contributed by atoms with E-state index in [4.69, 9.17) is 23.2 Å². The molecule has 1 aromatic rings. The highest BCUT2D eigenvalue weighted by Gasteiger charge is 2.15. The number of hydrogen-bond acceptors (Lipinski definition) is 2. The van der Waals surface area contributed by atoms with Gasteiger partial charge >= 0.3 is 0 Å². The summed E-state index contributed by atoms with van der Waals surface area (Å²) in [4.78, 5) is 11.8. The summed E-state index contributed by atoms with van der Waals surface area (Å²) in [5, 5.41) is 13.7. The van der Waals surface area contributed by atoms with Crippen molar-refractivity contribution < 1.29 is 9.90 Å². The fraction of sp³-hybridized carbons (Fsp3) is 0.400. The average molecular weight is 314 g/mol. The number of nitrogens with one attached hydrogen (secondary N) is 1. The predicted octanol–water partition coefficient (Wildman–Crippen LogP) is 3.50. The number of carbonyl (C=O) groups is 1. The summed E-state index contributed by atoms with van der Waals surface area (Å²) in [7, 11) is 0. The van der Waals surface area contributed by atoms with Crippen LogP contribution in [0.25, 0.3) is 0 Å². The molecule has 0 saturated heterocycles. The quantitative estimate of drug-likeness (QED) is 0.817. The Labute approximate surface area is 128 Å². The molecule has 3 nitrogen and oxygen atoms in total. The standard InChI is InChI=1S/C15H17Cl2NO2/c16-12-6-11(7-13(17)8-12)14(19)9-18-15(20)5-10-3-1-2-4-10/h1,3,6-8,10,14,19H,2,4-5,9H2,(H,18,20). The van der Waals surface area contributed by atoms with Crippen molar-refractivity contribution in [1.82, 2.24) is 5.32 Å². The monoisotopic (exact) mass is 313 g/mol. The van der Waals surface area contributed by atoms with E-state index in [1.807, 2.05) is 0 Å². The lowest BCUT2D eigenvalue weighted by atomic mass is 10.0. The molecule has 0 spiro atoms. The summed E-state index contributed by atoms with van der Waals surface area (Å²) in [6.45, 7) is 0.159. The SMILES string of the molecule is O=C(CC1C=CCC1)NCC(O)c1cc(Cl)cc(Cl)c1. The van der Waals surface area contributed by atoms with Crippen molar-refractivity contribution in [2.75, 3.05) is 6.54 Å². The van der Waals surface area contributed by atoms with E-state index in [-0.39, 0.29) is 12.5 Å². The molecule has 1 amide bonds. The normalized spacial score (nSPS) is 19.1. The van der Waals surface area contributed by atoms with Gasteiger partial charge in [0.25, 0.3) is 0 Å². The number of benzene rings is 1. The maximum absolute atomic E-state index is 11.8. The maximum Gasteiger partial charge on any atom is 0.220 e. The zero-order chi connectivity index (χ0) is 14.5. The molecule has 0 heterocycles. The molecule has 0 radical (unpaired) electrons. The van der Waals surface area contributed by atoms with E-state index in [2.05, 4.69) is 17.5 Å². The first-order valence-electron chi connectivity index (χ1n) is 6.62. The maximum atomic E-state index is 11.8. The highest BCUT2D eigenvalue weighted by Crippen LogP contribution is 2.23. The Bertz CT molecular complexity index is 496. The molecule has 0 aliphatic heterocycles. The third-order valence-corrected chi connectivity index (χ3v) is 3.76. The Hall–Kier alpha value is -1.03. The van der Waals surface area contributed by atoms with Crippen LogP contribution in [0.4, 0.5) is 0 Å². The minimum Gasteiger partial charge on any atom is -0.387 e. The molecule has 2 atom stereocenters. The summed E-state index contributed by atoms with van der Waals surface area (Å²) in [6, 6.07) is 4.89. The number of aliphatic hydroxyl groups excluding tert-OH is 1. The molecule has 2 N–H and O–H groups in total. The largest absolute Gasteiger partial charge is 0.387 e. The minimum absolute atomic E-state index is 0.0475. The molecular formula is C15H17Cl2NO2. The topological polar surface area (TPSA) is 49.3 Å². The Morgan fingerprint density at radius 3 is 2.65 bits per heavy atom. The van der Waals surface area contributed by atoms with Gasteiger partial charge in [-0.05, 0) is 42.5 Å². The van der Waals surface area contributed by atoms with Crippen molar-refractivity contribution in [3.05, 3.63) is 46.0 Å².